The van der Waals surface area contributed by atoms with Gasteiger partial charge in [-0.15, -0.1) is 0 Å². The molecule has 0 aliphatic carbocycles. The van der Waals surface area contributed by atoms with Crippen LogP contribution in [0, 0.1) is 0 Å². The monoisotopic (exact) mass is 240 g/mol. The van der Waals surface area contributed by atoms with Crippen LogP contribution >= 0.6 is 11.6 Å². The third kappa shape index (κ3) is 3.22. The summed E-state index contributed by atoms with van der Waals surface area (Å²) in [7, 11) is 6.00. The molecule has 0 unspecified atom stereocenters. The summed E-state index contributed by atoms with van der Waals surface area (Å²) in [6, 6.07) is 5.50. The lowest BCUT2D eigenvalue weighted by Gasteiger charge is -2.23. The molecule has 1 rings (SSSR count). The first-order chi connectivity index (χ1) is 7.56. The topological polar surface area (TPSA) is 23.6 Å². The van der Waals surface area contributed by atoms with Crippen molar-refractivity contribution in [3.05, 3.63) is 28.8 Å². The quantitative estimate of drug-likeness (QED) is 0.737. The lowest BCUT2D eigenvalue weighted by Crippen LogP contribution is -2.29. The van der Waals surface area contributed by atoms with Crippen LogP contribution in [-0.4, -0.2) is 45.4 Å². The van der Waals surface area contributed by atoms with E-state index in [4.69, 9.17) is 11.6 Å². The van der Waals surface area contributed by atoms with Crippen molar-refractivity contribution in [2.24, 2.45) is 0 Å². The van der Waals surface area contributed by atoms with Gasteiger partial charge in [-0.3, -0.25) is 4.79 Å². The Hall–Kier alpha value is -1.06. The van der Waals surface area contributed by atoms with Crippen LogP contribution in [0.25, 0.3) is 0 Å². The van der Waals surface area contributed by atoms with E-state index in [2.05, 4.69) is 4.90 Å². The molecule has 4 heteroatoms. The highest BCUT2D eigenvalue weighted by molar-refractivity contribution is 6.33. The zero-order chi connectivity index (χ0) is 12.1. The molecule has 0 saturated carbocycles. The van der Waals surface area contributed by atoms with Crippen LogP contribution in [0.5, 0.6) is 0 Å². The third-order valence-electron chi connectivity index (χ3n) is 2.44. The molecule has 0 saturated heterocycles. The van der Waals surface area contributed by atoms with Crippen LogP contribution in [0.1, 0.15) is 10.4 Å². The Morgan fingerprint density at radius 3 is 2.50 bits per heavy atom. The van der Waals surface area contributed by atoms with Crippen molar-refractivity contribution in [1.82, 2.24) is 4.90 Å². The fourth-order valence-electron chi connectivity index (χ4n) is 1.45. The highest BCUT2D eigenvalue weighted by Gasteiger charge is 2.09. The number of rotatable bonds is 5. The second-order valence-electron chi connectivity index (χ2n) is 4.02. The molecule has 1 aromatic rings. The maximum absolute atomic E-state index is 11.0. The number of nitrogens with zero attached hydrogens (tertiary/aromatic N) is 2. The molecule has 0 fully saturated rings. The van der Waals surface area contributed by atoms with Crippen LogP contribution in [-0.2, 0) is 0 Å². The molecule has 0 bridgehead atoms. The van der Waals surface area contributed by atoms with E-state index in [-0.39, 0.29) is 0 Å². The number of aldehydes is 1. The molecule has 0 aliphatic rings. The average Bonchev–Trinajstić information content (AvgIpc) is 2.25. The van der Waals surface area contributed by atoms with Crippen molar-refractivity contribution in [3.8, 4) is 0 Å². The Balaban J connectivity index is 2.86. The summed E-state index contributed by atoms with van der Waals surface area (Å²) in [5.74, 6) is 0. The Bertz CT molecular complexity index is 366. The first-order valence-electron chi connectivity index (χ1n) is 5.16. The van der Waals surface area contributed by atoms with E-state index in [9.17, 15) is 4.79 Å². The molecule has 0 N–H and O–H groups in total. The van der Waals surface area contributed by atoms with Crippen molar-refractivity contribution in [2.45, 2.75) is 0 Å². The lowest BCUT2D eigenvalue weighted by atomic mass is 10.2. The van der Waals surface area contributed by atoms with Gasteiger partial charge in [-0.2, -0.15) is 0 Å². The number of hydrogen-bond donors (Lipinski definition) is 0. The van der Waals surface area contributed by atoms with E-state index >= 15 is 0 Å². The number of likely N-dealkylation sites (N-methyl/N-ethyl adjacent to an activating group) is 2. The molecule has 0 aliphatic heterocycles. The van der Waals surface area contributed by atoms with Crippen molar-refractivity contribution < 1.29 is 4.79 Å². The Morgan fingerprint density at radius 1 is 1.25 bits per heavy atom. The number of hydrogen-bond acceptors (Lipinski definition) is 3. The maximum Gasteiger partial charge on any atom is 0.153 e. The largest absolute Gasteiger partial charge is 0.373 e. The Kier molecular flexibility index (Phi) is 4.77. The number of carbonyl (C=O) groups is 1. The smallest absolute Gasteiger partial charge is 0.153 e. The van der Waals surface area contributed by atoms with Crippen molar-refractivity contribution >= 4 is 23.6 Å². The van der Waals surface area contributed by atoms with Crippen LogP contribution in [0.15, 0.2) is 18.2 Å². The first-order valence-corrected chi connectivity index (χ1v) is 5.53. The number of benzene rings is 1. The van der Waals surface area contributed by atoms with Gasteiger partial charge in [0, 0.05) is 25.8 Å². The van der Waals surface area contributed by atoms with Crippen LogP contribution in [0.2, 0.25) is 5.02 Å². The number of halogens is 1. The molecule has 0 radical (unpaired) electrons. The molecular weight excluding hydrogens is 224 g/mol. The molecular formula is C12H17ClN2O. The summed E-state index contributed by atoms with van der Waals surface area (Å²) in [6.45, 7) is 1.79. The van der Waals surface area contributed by atoms with Gasteiger partial charge in [0.1, 0.15) is 0 Å². The molecule has 16 heavy (non-hydrogen) atoms. The highest BCUT2D eigenvalue weighted by atomic mass is 35.5. The summed E-state index contributed by atoms with van der Waals surface area (Å²) in [5.41, 5.74) is 1.44. The molecule has 0 atom stereocenters. The SMILES string of the molecule is CN(C)CCN(C)c1cccc(Cl)c1C=O. The predicted octanol–water partition coefficient (Wildman–Crippen LogP) is 2.15. The first kappa shape index (κ1) is 13.0. The molecule has 0 aromatic heterocycles. The summed E-state index contributed by atoms with van der Waals surface area (Å²) in [6.07, 6.45) is 0.809. The van der Waals surface area contributed by atoms with E-state index in [0.29, 0.717) is 10.6 Å². The van der Waals surface area contributed by atoms with Crippen molar-refractivity contribution in [2.75, 3.05) is 39.1 Å². The van der Waals surface area contributed by atoms with Gasteiger partial charge in [0.25, 0.3) is 0 Å². The van der Waals surface area contributed by atoms with Gasteiger partial charge in [0.2, 0.25) is 0 Å². The van der Waals surface area contributed by atoms with Gasteiger partial charge in [-0.1, -0.05) is 17.7 Å². The summed E-state index contributed by atoms with van der Waals surface area (Å²) < 4.78 is 0. The minimum absolute atomic E-state index is 0.504. The van der Waals surface area contributed by atoms with Gasteiger partial charge in [0.15, 0.2) is 6.29 Å². The summed E-state index contributed by atoms with van der Waals surface area (Å²) in [4.78, 5) is 15.1. The average molecular weight is 241 g/mol. The molecule has 0 spiro atoms. The summed E-state index contributed by atoms with van der Waals surface area (Å²) in [5, 5.41) is 0.504. The van der Waals surface area contributed by atoms with Gasteiger partial charge >= 0.3 is 0 Å². The van der Waals surface area contributed by atoms with E-state index in [1.807, 2.05) is 38.2 Å². The zero-order valence-corrected chi connectivity index (χ0v) is 10.7. The normalized spacial score (nSPS) is 10.6. The van der Waals surface area contributed by atoms with Gasteiger partial charge in [-0.05, 0) is 26.2 Å². The zero-order valence-electron chi connectivity index (χ0n) is 9.90. The van der Waals surface area contributed by atoms with Crippen LogP contribution < -0.4 is 4.90 Å². The van der Waals surface area contributed by atoms with Gasteiger partial charge in [-0.25, -0.2) is 0 Å². The third-order valence-corrected chi connectivity index (χ3v) is 2.77. The second kappa shape index (κ2) is 5.87. The fourth-order valence-corrected chi connectivity index (χ4v) is 1.66. The lowest BCUT2D eigenvalue weighted by molar-refractivity contribution is 0.112. The predicted molar refractivity (Wildman–Crippen MR) is 68.7 cm³/mol. The van der Waals surface area contributed by atoms with E-state index in [1.54, 1.807) is 6.07 Å². The minimum atomic E-state index is 0.504. The standard InChI is InChI=1S/C12H17ClN2O/c1-14(2)7-8-15(3)12-6-4-5-11(13)10(12)9-16/h4-6,9H,7-8H2,1-3H3. The summed E-state index contributed by atoms with van der Waals surface area (Å²) >= 11 is 5.97. The molecule has 0 amide bonds. The molecule has 0 heterocycles. The maximum atomic E-state index is 11.0. The van der Waals surface area contributed by atoms with Crippen LogP contribution in [0.3, 0.4) is 0 Å². The van der Waals surface area contributed by atoms with E-state index in [0.717, 1.165) is 25.1 Å². The minimum Gasteiger partial charge on any atom is -0.373 e. The highest BCUT2D eigenvalue weighted by Crippen LogP contribution is 2.24. The molecule has 1 aromatic carbocycles. The van der Waals surface area contributed by atoms with Gasteiger partial charge < -0.3 is 9.80 Å². The van der Waals surface area contributed by atoms with Crippen LogP contribution in [0.4, 0.5) is 5.69 Å². The fraction of sp³-hybridized carbons (Fsp3) is 0.417. The van der Waals surface area contributed by atoms with E-state index in [1.165, 1.54) is 0 Å². The Labute approximate surface area is 102 Å². The van der Waals surface area contributed by atoms with Crippen molar-refractivity contribution in [3.63, 3.8) is 0 Å². The Morgan fingerprint density at radius 2 is 1.94 bits per heavy atom. The number of anilines is 1. The molecule has 88 valence electrons. The number of carbonyl (C=O) groups excluding carboxylic acids is 1. The van der Waals surface area contributed by atoms with Crippen molar-refractivity contribution in [1.29, 1.82) is 0 Å². The molecule has 3 nitrogen and oxygen atoms in total. The van der Waals surface area contributed by atoms with E-state index < -0.39 is 0 Å². The van der Waals surface area contributed by atoms with Gasteiger partial charge in [0.05, 0.1) is 10.6 Å². The second-order valence-corrected chi connectivity index (χ2v) is 4.42.